The van der Waals surface area contributed by atoms with Gasteiger partial charge in [-0.3, -0.25) is 9.52 Å². The van der Waals surface area contributed by atoms with Crippen molar-refractivity contribution in [1.82, 2.24) is 5.32 Å². The normalized spacial score (nSPS) is 12.6. The molecular formula is C20H19ClN2O3S. The molecule has 1 amide bonds. The Hall–Kier alpha value is -2.57. The van der Waals surface area contributed by atoms with E-state index < -0.39 is 15.9 Å². The minimum Gasteiger partial charge on any atom is -0.345 e. The number of amides is 1. The zero-order valence-electron chi connectivity index (χ0n) is 14.9. The van der Waals surface area contributed by atoms with E-state index in [0.29, 0.717) is 5.02 Å². The minimum atomic E-state index is -3.53. The number of rotatable bonds is 5. The van der Waals surface area contributed by atoms with E-state index in [4.69, 9.17) is 11.6 Å². The molecule has 2 N–H and O–H groups in total. The summed E-state index contributed by atoms with van der Waals surface area (Å²) in [5.41, 5.74) is 1.32. The SMILES string of the molecule is CC(NC(=O)c1cc(Cl)ccc1NS(C)(=O)=O)c1cccc2ccccc12. The van der Waals surface area contributed by atoms with E-state index in [0.717, 1.165) is 22.6 Å². The van der Waals surface area contributed by atoms with Crippen molar-refractivity contribution in [3.8, 4) is 0 Å². The number of hydrogen-bond acceptors (Lipinski definition) is 3. The molecule has 3 aromatic rings. The standard InChI is InChI=1S/C20H19ClN2O3S/c1-13(16-9-5-7-14-6-3-4-8-17(14)16)22-20(24)18-12-15(21)10-11-19(18)23-27(2,25)26/h3-13,23H,1-2H3,(H,22,24). The van der Waals surface area contributed by atoms with Crippen molar-refractivity contribution in [2.45, 2.75) is 13.0 Å². The fourth-order valence-electron chi connectivity index (χ4n) is 2.97. The monoisotopic (exact) mass is 402 g/mol. The van der Waals surface area contributed by atoms with Crippen molar-refractivity contribution in [3.63, 3.8) is 0 Å². The van der Waals surface area contributed by atoms with Crippen LogP contribution in [0.4, 0.5) is 5.69 Å². The van der Waals surface area contributed by atoms with Crippen LogP contribution in [0, 0.1) is 0 Å². The molecule has 7 heteroatoms. The zero-order valence-corrected chi connectivity index (χ0v) is 16.4. The first-order chi connectivity index (χ1) is 12.7. The molecule has 5 nitrogen and oxygen atoms in total. The second-order valence-electron chi connectivity index (χ2n) is 6.33. The van der Waals surface area contributed by atoms with Gasteiger partial charge in [0.05, 0.1) is 23.5 Å². The third kappa shape index (κ3) is 4.59. The van der Waals surface area contributed by atoms with Crippen LogP contribution in [0.25, 0.3) is 10.8 Å². The summed E-state index contributed by atoms with van der Waals surface area (Å²) in [5, 5.41) is 5.40. The molecule has 0 aliphatic rings. The molecule has 3 rings (SSSR count). The summed E-state index contributed by atoms with van der Waals surface area (Å²) in [6, 6.07) is 18.0. The van der Waals surface area contributed by atoms with Gasteiger partial charge in [-0.25, -0.2) is 8.42 Å². The van der Waals surface area contributed by atoms with Crippen LogP contribution in [-0.4, -0.2) is 20.6 Å². The highest BCUT2D eigenvalue weighted by atomic mass is 35.5. The first-order valence-electron chi connectivity index (χ1n) is 8.30. The van der Waals surface area contributed by atoms with Crippen LogP contribution < -0.4 is 10.0 Å². The lowest BCUT2D eigenvalue weighted by molar-refractivity contribution is 0.0941. The van der Waals surface area contributed by atoms with Crippen LogP contribution in [0.15, 0.2) is 60.7 Å². The lowest BCUT2D eigenvalue weighted by Crippen LogP contribution is -2.28. The predicted molar refractivity (Wildman–Crippen MR) is 110 cm³/mol. The molecule has 27 heavy (non-hydrogen) atoms. The van der Waals surface area contributed by atoms with Gasteiger partial charge < -0.3 is 5.32 Å². The largest absolute Gasteiger partial charge is 0.345 e. The summed E-state index contributed by atoms with van der Waals surface area (Å²) in [6.45, 7) is 1.88. The Kier molecular flexibility index (Phi) is 5.39. The van der Waals surface area contributed by atoms with Gasteiger partial charge in [-0.15, -0.1) is 0 Å². The van der Waals surface area contributed by atoms with Crippen molar-refractivity contribution in [1.29, 1.82) is 0 Å². The zero-order chi connectivity index (χ0) is 19.6. The van der Waals surface area contributed by atoms with Crippen molar-refractivity contribution >= 4 is 44.0 Å². The van der Waals surface area contributed by atoms with E-state index in [1.807, 2.05) is 49.4 Å². The summed E-state index contributed by atoms with van der Waals surface area (Å²) in [4.78, 5) is 12.8. The maximum absolute atomic E-state index is 12.8. The number of benzene rings is 3. The highest BCUT2D eigenvalue weighted by Crippen LogP contribution is 2.26. The van der Waals surface area contributed by atoms with Gasteiger partial charge in [0.15, 0.2) is 0 Å². The number of anilines is 1. The van der Waals surface area contributed by atoms with E-state index in [9.17, 15) is 13.2 Å². The Labute approximate surface area is 163 Å². The van der Waals surface area contributed by atoms with Gasteiger partial charge in [-0.05, 0) is 41.5 Å². The average molecular weight is 403 g/mol. The van der Waals surface area contributed by atoms with Gasteiger partial charge >= 0.3 is 0 Å². The lowest BCUT2D eigenvalue weighted by Gasteiger charge is -2.18. The summed E-state index contributed by atoms with van der Waals surface area (Å²) >= 11 is 6.01. The fourth-order valence-corrected chi connectivity index (χ4v) is 3.72. The van der Waals surface area contributed by atoms with Crippen LogP contribution in [0.3, 0.4) is 0 Å². The molecule has 1 atom stereocenters. The number of fused-ring (bicyclic) bond motifs is 1. The number of nitrogens with one attached hydrogen (secondary N) is 2. The Bertz CT molecular complexity index is 1110. The Morgan fingerprint density at radius 1 is 1.04 bits per heavy atom. The highest BCUT2D eigenvalue weighted by molar-refractivity contribution is 7.92. The summed E-state index contributed by atoms with van der Waals surface area (Å²) in [5.74, 6) is -0.413. The quantitative estimate of drug-likeness (QED) is 0.665. The van der Waals surface area contributed by atoms with E-state index in [-0.39, 0.29) is 17.3 Å². The predicted octanol–water partition coefficient (Wildman–Crippen LogP) is 4.36. The Morgan fingerprint density at radius 3 is 2.48 bits per heavy atom. The van der Waals surface area contributed by atoms with Crippen molar-refractivity contribution < 1.29 is 13.2 Å². The second-order valence-corrected chi connectivity index (χ2v) is 8.51. The third-order valence-corrected chi connectivity index (χ3v) is 4.98. The Morgan fingerprint density at radius 2 is 1.74 bits per heavy atom. The van der Waals surface area contributed by atoms with Gasteiger partial charge in [-0.2, -0.15) is 0 Å². The molecule has 0 spiro atoms. The maximum atomic E-state index is 12.8. The van der Waals surface area contributed by atoms with Gasteiger partial charge in [0.25, 0.3) is 5.91 Å². The van der Waals surface area contributed by atoms with Crippen molar-refractivity contribution in [2.24, 2.45) is 0 Å². The molecule has 0 aliphatic carbocycles. The first-order valence-corrected chi connectivity index (χ1v) is 10.6. The molecule has 3 aromatic carbocycles. The molecule has 0 heterocycles. The molecule has 0 saturated heterocycles. The van der Waals surface area contributed by atoms with Crippen LogP contribution in [-0.2, 0) is 10.0 Å². The van der Waals surface area contributed by atoms with E-state index >= 15 is 0 Å². The number of sulfonamides is 1. The summed E-state index contributed by atoms with van der Waals surface area (Å²) in [6.07, 6.45) is 1.03. The molecule has 1 unspecified atom stereocenters. The van der Waals surface area contributed by atoms with Gasteiger partial charge in [-0.1, -0.05) is 54.1 Å². The van der Waals surface area contributed by atoms with Crippen molar-refractivity contribution in [2.75, 3.05) is 11.0 Å². The van der Waals surface area contributed by atoms with Gasteiger partial charge in [0.2, 0.25) is 10.0 Å². The second kappa shape index (κ2) is 7.58. The minimum absolute atomic E-state index is 0.167. The topological polar surface area (TPSA) is 75.3 Å². The number of carbonyl (C=O) groups excluding carboxylic acids is 1. The van der Waals surface area contributed by atoms with Crippen LogP contribution >= 0.6 is 11.6 Å². The Balaban J connectivity index is 1.92. The third-order valence-electron chi connectivity index (χ3n) is 4.16. The molecule has 0 aliphatic heterocycles. The van der Waals surface area contributed by atoms with E-state index in [1.165, 1.54) is 18.2 Å². The van der Waals surface area contributed by atoms with Crippen molar-refractivity contribution in [3.05, 3.63) is 76.8 Å². The maximum Gasteiger partial charge on any atom is 0.253 e. The molecule has 0 aromatic heterocycles. The number of halogens is 1. The van der Waals surface area contributed by atoms with Gasteiger partial charge in [0, 0.05) is 5.02 Å². The van der Waals surface area contributed by atoms with Crippen LogP contribution in [0.1, 0.15) is 28.9 Å². The fraction of sp³-hybridized carbons (Fsp3) is 0.150. The van der Waals surface area contributed by atoms with E-state index in [2.05, 4.69) is 10.0 Å². The molecular weight excluding hydrogens is 384 g/mol. The molecule has 0 fully saturated rings. The lowest BCUT2D eigenvalue weighted by atomic mass is 9.99. The molecule has 140 valence electrons. The first kappa shape index (κ1) is 19.2. The molecule has 0 bridgehead atoms. The average Bonchev–Trinajstić information content (AvgIpc) is 2.61. The van der Waals surface area contributed by atoms with Crippen LogP contribution in [0.5, 0.6) is 0 Å². The number of carbonyl (C=O) groups is 1. The molecule has 0 radical (unpaired) electrons. The summed E-state index contributed by atoms with van der Waals surface area (Å²) in [7, 11) is -3.53. The van der Waals surface area contributed by atoms with Crippen LogP contribution in [0.2, 0.25) is 5.02 Å². The van der Waals surface area contributed by atoms with Gasteiger partial charge in [0.1, 0.15) is 0 Å². The summed E-state index contributed by atoms with van der Waals surface area (Å²) < 4.78 is 25.5. The molecule has 0 saturated carbocycles. The highest BCUT2D eigenvalue weighted by Gasteiger charge is 2.18. The van der Waals surface area contributed by atoms with E-state index in [1.54, 1.807) is 0 Å². The smallest absolute Gasteiger partial charge is 0.253 e. The number of hydrogen-bond donors (Lipinski definition) is 2.